The first-order valence-electron chi connectivity index (χ1n) is 13.2. The number of H-pyrrole nitrogens is 1. The van der Waals surface area contributed by atoms with Crippen molar-refractivity contribution < 1.29 is 14.6 Å². The van der Waals surface area contributed by atoms with Gasteiger partial charge >= 0.3 is 0 Å². The zero-order valence-corrected chi connectivity index (χ0v) is 21.9. The molecule has 0 radical (unpaired) electrons. The maximum absolute atomic E-state index is 13.5. The Labute approximate surface area is 229 Å². The molecule has 0 unspecified atom stereocenters. The van der Waals surface area contributed by atoms with Crippen LogP contribution in [-0.2, 0) is 13.0 Å². The van der Waals surface area contributed by atoms with Crippen molar-refractivity contribution in [2.75, 3.05) is 17.2 Å². The number of anilines is 2. The first-order valence-corrected chi connectivity index (χ1v) is 13.2. The zero-order chi connectivity index (χ0) is 27.6. The van der Waals surface area contributed by atoms with E-state index in [0.717, 1.165) is 24.2 Å². The molecule has 0 fully saturated rings. The van der Waals surface area contributed by atoms with E-state index in [4.69, 9.17) is 4.74 Å². The highest BCUT2D eigenvalue weighted by Crippen LogP contribution is 2.33. The van der Waals surface area contributed by atoms with Crippen LogP contribution in [0.25, 0.3) is 16.7 Å². The smallest absolute Gasteiger partial charge is 0.284 e. The standard InChI is InChI=1S/C29H29N7O4/c1-18(37)17-31-27-25-23(14-15-30-26(25)33-34-27)40-21-12-10-19(11-13-21)32-28(38)24-22-9-5-6-16-35(22)36(29(24)39)20-7-3-2-4-8-20/h2-4,7-8,10-15,18,37H,5-6,9,16-17H2,1H3,(H,32,38)(H2,30,31,33,34)/t18-/m0/s1. The molecule has 4 N–H and O–H groups in total. The van der Waals surface area contributed by atoms with Gasteiger partial charge in [0.2, 0.25) is 0 Å². The average Bonchev–Trinajstić information content (AvgIpc) is 3.52. The number of nitrogens with one attached hydrogen (secondary N) is 3. The van der Waals surface area contributed by atoms with Crippen LogP contribution in [-0.4, -0.2) is 48.2 Å². The molecule has 11 heteroatoms. The topological polar surface area (TPSA) is 139 Å². The lowest BCUT2D eigenvalue weighted by atomic mass is 10.1. The van der Waals surface area contributed by atoms with Gasteiger partial charge in [0.1, 0.15) is 22.4 Å². The van der Waals surface area contributed by atoms with Crippen LogP contribution in [0.4, 0.5) is 11.5 Å². The van der Waals surface area contributed by atoms with Crippen LogP contribution in [0.15, 0.2) is 71.7 Å². The number of pyridine rings is 1. The number of para-hydroxylation sites is 1. The highest BCUT2D eigenvalue weighted by atomic mass is 16.5. The molecule has 1 amide bonds. The summed E-state index contributed by atoms with van der Waals surface area (Å²) in [6, 6.07) is 18.1. The zero-order valence-electron chi connectivity index (χ0n) is 21.9. The van der Waals surface area contributed by atoms with E-state index in [1.807, 2.05) is 35.0 Å². The molecule has 0 aliphatic carbocycles. The lowest BCUT2D eigenvalue weighted by Crippen LogP contribution is -2.25. The second-order valence-electron chi connectivity index (χ2n) is 9.77. The molecule has 1 aliphatic rings. The van der Waals surface area contributed by atoms with Crippen molar-refractivity contribution in [3.63, 3.8) is 0 Å². The third kappa shape index (κ3) is 4.82. The molecule has 4 heterocycles. The molecule has 40 heavy (non-hydrogen) atoms. The summed E-state index contributed by atoms with van der Waals surface area (Å²) in [6.45, 7) is 2.69. The Kier molecular flexibility index (Phi) is 6.79. The fourth-order valence-electron chi connectivity index (χ4n) is 4.99. The van der Waals surface area contributed by atoms with Gasteiger partial charge in [-0.25, -0.2) is 9.67 Å². The summed E-state index contributed by atoms with van der Waals surface area (Å²) in [6.07, 6.45) is 3.63. The number of aliphatic hydroxyl groups excluding tert-OH is 1. The van der Waals surface area contributed by atoms with Gasteiger partial charge in [0.05, 0.1) is 17.5 Å². The number of carbonyl (C=O) groups is 1. The second-order valence-corrected chi connectivity index (χ2v) is 9.77. The van der Waals surface area contributed by atoms with Crippen LogP contribution in [0, 0.1) is 0 Å². The number of benzene rings is 2. The maximum Gasteiger partial charge on any atom is 0.284 e. The number of carbonyl (C=O) groups excluding carboxylic acids is 1. The van der Waals surface area contributed by atoms with E-state index in [2.05, 4.69) is 25.8 Å². The van der Waals surface area contributed by atoms with Crippen molar-refractivity contribution in [3.05, 3.63) is 88.5 Å². The molecule has 0 spiro atoms. The summed E-state index contributed by atoms with van der Waals surface area (Å²) < 4.78 is 9.66. The largest absolute Gasteiger partial charge is 0.456 e. The first-order chi connectivity index (χ1) is 19.5. The highest BCUT2D eigenvalue weighted by molar-refractivity contribution is 6.05. The molecule has 6 rings (SSSR count). The van der Waals surface area contributed by atoms with Crippen LogP contribution in [0.2, 0.25) is 0 Å². The number of aromatic nitrogens is 5. The lowest BCUT2D eigenvalue weighted by molar-refractivity contribution is 0.102. The quantitative estimate of drug-likeness (QED) is 0.233. The fraction of sp³-hybridized carbons (Fsp3) is 0.241. The molecule has 3 aromatic heterocycles. The van der Waals surface area contributed by atoms with E-state index in [9.17, 15) is 14.7 Å². The SMILES string of the molecule is C[C@H](O)CNc1n[nH]c2nccc(Oc3ccc(NC(=O)c4c5n(n(-c6ccccc6)c4=O)CCCC5)cc3)c12. The van der Waals surface area contributed by atoms with E-state index in [1.54, 1.807) is 48.1 Å². The minimum absolute atomic E-state index is 0.181. The lowest BCUT2D eigenvalue weighted by Gasteiger charge is -2.19. The highest BCUT2D eigenvalue weighted by Gasteiger charge is 2.27. The normalized spacial score (nSPS) is 13.6. The van der Waals surface area contributed by atoms with Crippen molar-refractivity contribution in [2.24, 2.45) is 0 Å². The molecule has 1 aliphatic heterocycles. The number of aliphatic hydroxyl groups is 1. The monoisotopic (exact) mass is 539 g/mol. The molecule has 0 saturated carbocycles. The summed E-state index contributed by atoms with van der Waals surface area (Å²) in [7, 11) is 0. The van der Waals surface area contributed by atoms with Gasteiger partial charge in [0.25, 0.3) is 11.5 Å². The number of rotatable bonds is 8. The summed E-state index contributed by atoms with van der Waals surface area (Å²) in [5.41, 5.74) is 2.46. The van der Waals surface area contributed by atoms with Gasteiger partial charge in [-0.1, -0.05) is 18.2 Å². The maximum atomic E-state index is 13.5. The number of fused-ring (bicyclic) bond motifs is 2. The number of ether oxygens (including phenoxy) is 1. The minimum Gasteiger partial charge on any atom is -0.456 e. The molecule has 204 valence electrons. The summed E-state index contributed by atoms with van der Waals surface area (Å²) in [4.78, 5) is 31.1. The van der Waals surface area contributed by atoms with Gasteiger partial charge in [-0.2, -0.15) is 5.10 Å². The van der Waals surface area contributed by atoms with Gasteiger partial charge in [0, 0.05) is 31.0 Å². The van der Waals surface area contributed by atoms with E-state index < -0.39 is 12.0 Å². The molecule has 2 aromatic carbocycles. The minimum atomic E-state index is -0.547. The van der Waals surface area contributed by atoms with Crippen LogP contribution in [0.3, 0.4) is 0 Å². The van der Waals surface area contributed by atoms with Crippen molar-refractivity contribution in [1.82, 2.24) is 24.5 Å². The van der Waals surface area contributed by atoms with E-state index in [1.165, 1.54) is 0 Å². The Bertz CT molecular complexity index is 1720. The number of aromatic amines is 1. The summed E-state index contributed by atoms with van der Waals surface area (Å²) in [5.74, 6) is 1.17. The number of amides is 1. The molecule has 5 aromatic rings. The van der Waals surface area contributed by atoms with Crippen molar-refractivity contribution in [3.8, 4) is 17.2 Å². The summed E-state index contributed by atoms with van der Waals surface area (Å²) in [5, 5.41) is 23.4. The van der Waals surface area contributed by atoms with Crippen LogP contribution in [0.1, 0.15) is 35.8 Å². The van der Waals surface area contributed by atoms with Crippen molar-refractivity contribution >= 4 is 28.4 Å². The second kappa shape index (κ2) is 10.7. The Morgan fingerprint density at radius 1 is 1.12 bits per heavy atom. The van der Waals surface area contributed by atoms with Gasteiger partial charge in [0.15, 0.2) is 11.5 Å². The van der Waals surface area contributed by atoms with Crippen LogP contribution < -0.4 is 20.9 Å². The molecule has 0 saturated heterocycles. The Balaban J connectivity index is 1.23. The van der Waals surface area contributed by atoms with Crippen molar-refractivity contribution in [2.45, 2.75) is 38.8 Å². The first kappa shape index (κ1) is 25.4. The predicted octanol–water partition coefficient (Wildman–Crippen LogP) is 4.08. The molecular formula is C29H29N7O4. The third-order valence-electron chi connectivity index (χ3n) is 6.84. The molecule has 0 bridgehead atoms. The van der Waals surface area contributed by atoms with E-state index >= 15 is 0 Å². The molecular weight excluding hydrogens is 510 g/mol. The third-order valence-corrected chi connectivity index (χ3v) is 6.84. The summed E-state index contributed by atoms with van der Waals surface area (Å²) >= 11 is 0. The average molecular weight is 540 g/mol. The van der Waals surface area contributed by atoms with Crippen LogP contribution in [0.5, 0.6) is 11.5 Å². The number of nitrogens with zero attached hydrogens (tertiary/aromatic N) is 4. The van der Waals surface area contributed by atoms with E-state index in [-0.39, 0.29) is 11.1 Å². The van der Waals surface area contributed by atoms with Gasteiger partial charge < -0.3 is 20.5 Å². The number of hydrogen-bond donors (Lipinski definition) is 4. The fourth-order valence-corrected chi connectivity index (χ4v) is 4.99. The Morgan fingerprint density at radius 2 is 1.93 bits per heavy atom. The molecule has 11 nitrogen and oxygen atoms in total. The van der Waals surface area contributed by atoms with Crippen molar-refractivity contribution in [1.29, 1.82) is 0 Å². The Morgan fingerprint density at radius 3 is 2.70 bits per heavy atom. The number of hydrogen-bond acceptors (Lipinski definition) is 7. The molecule has 1 atom stereocenters. The van der Waals surface area contributed by atoms with Crippen LogP contribution >= 0.6 is 0 Å². The van der Waals surface area contributed by atoms with Gasteiger partial charge in [-0.05, 0) is 62.6 Å². The predicted molar refractivity (Wildman–Crippen MR) is 151 cm³/mol. The Hall–Kier alpha value is -4.90. The van der Waals surface area contributed by atoms with Gasteiger partial charge in [-0.3, -0.25) is 19.4 Å². The van der Waals surface area contributed by atoms with Gasteiger partial charge in [-0.15, -0.1) is 0 Å². The van der Waals surface area contributed by atoms with E-state index in [0.29, 0.717) is 53.5 Å².